The first-order valence-corrected chi connectivity index (χ1v) is 6.94. The van der Waals surface area contributed by atoms with Crippen molar-refractivity contribution in [3.63, 3.8) is 0 Å². The van der Waals surface area contributed by atoms with Crippen LogP contribution in [0.25, 0.3) is 0 Å². The van der Waals surface area contributed by atoms with Crippen molar-refractivity contribution in [1.82, 2.24) is 5.32 Å². The summed E-state index contributed by atoms with van der Waals surface area (Å²) in [4.78, 5) is 22.3. The Bertz CT molecular complexity index is 290. The molecule has 1 rings (SSSR count). The van der Waals surface area contributed by atoms with Crippen molar-refractivity contribution in [2.24, 2.45) is 5.41 Å². The third kappa shape index (κ3) is 5.16. The Balaban J connectivity index is 2.45. The molecule has 1 aliphatic carbocycles. The molecule has 0 unspecified atom stereocenters. The van der Waals surface area contributed by atoms with E-state index in [0.29, 0.717) is 12.3 Å². The number of amides is 1. The normalized spacial score (nSPS) is 18.1. The zero-order valence-electron chi connectivity index (χ0n) is 10.5. The molecular formula is C12H21NO4S. The third-order valence-corrected chi connectivity index (χ3v) is 3.56. The number of thiol groups is 1. The molecule has 1 aliphatic rings. The van der Waals surface area contributed by atoms with Gasteiger partial charge in [-0.05, 0) is 18.3 Å². The van der Waals surface area contributed by atoms with E-state index in [9.17, 15) is 9.59 Å². The number of alkyl carbamates (subject to hydrolysis) is 1. The van der Waals surface area contributed by atoms with Crippen LogP contribution in [0.2, 0.25) is 0 Å². The van der Waals surface area contributed by atoms with Gasteiger partial charge in [-0.2, -0.15) is 12.6 Å². The van der Waals surface area contributed by atoms with Crippen LogP contribution in [0.5, 0.6) is 0 Å². The van der Waals surface area contributed by atoms with Gasteiger partial charge in [0.2, 0.25) is 0 Å². The first-order chi connectivity index (χ1) is 8.58. The number of carboxylic acids is 1. The van der Waals surface area contributed by atoms with Crippen molar-refractivity contribution < 1.29 is 19.4 Å². The molecule has 0 aliphatic heterocycles. The van der Waals surface area contributed by atoms with Gasteiger partial charge in [0, 0.05) is 12.3 Å². The van der Waals surface area contributed by atoms with Gasteiger partial charge in [-0.15, -0.1) is 0 Å². The molecule has 0 aromatic carbocycles. The molecule has 104 valence electrons. The number of hydrogen-bond acceptors (Lipinski definition) is 4. The standard InChI is InChI=1S/C12H21NO4S/c14-10(15)8-12(4-2-1-3-5-12)9-13-11(16)17-6-7-18/h18H,1-9H2,(H,13,16)(H,14,15). The van der Waals surface area contributed by atoms with Crippen molar-refractivity contribution >= 4 is 24.7 Å². The monoisotopic (exact) mass is 275 g/mol. The summed E-state index contributed by atoms with van der Waals surface area (Å²) in [6.45, 7) is 0.644. The molecule has 6 heteroatoms. The minimum atomic E-state index is -0.803. The van der Waals surface area contributed by atoms with E-state index in [2.05, 4.69) is 17.9 Å². The van der Waals surface area contributed by atoms with Gasteiger partial charge in [0.05, 0.1) is 6.42 Å². The molecule has 0 spiro atoms. The molecule has 0 atom stereocenters. The molecule has 5 nitrogen and oxygen atoms in total. The summed E-state index contributed by atoms with van der Waals surface area (Å²) in [6.07, 6.45) is 4.53. The van der Waals surface area contributed by atoms with Crippen LogP contribution in [-0.4, -0.2) is 36.1 Å². The Morgan fingerprint density at radius 3 is 2.50 bits per heavy atom. The highest BCUT2D eigenvalue weighted by Gasteiger charge is 2.34. The first-order valence-electron chi connectivity index (χ1n) is 6.31. The third-order valence-electron chi connectivity index (χ3n) is 3.37. The summed E-state index contributed by atoms with van der Waals surface area (Å²) in [7, 11) is 0. The van der Waals surface area contributed by atoms with E-state index in [1.165, 1.54) is 0 Å². The van der Waals surface area contributed by atoms with Crippen LogP contribution < -0.4 is 5.32 Å². The molecule has 2 N–H and O–H groups in total. The summed E-state index contributed by atoms with van der Waals surface area (Å²) in [5.74, 6) is -0.323. The topological polar surface area (TPSA) is 75.6 Å². The maximum Gasteiger partial charge on any atom is 0.407 e. The lowest BCUT2D eigenvalue weighted by molar-refractivity contribution is -0.140. The second-order valence-corrected chi connectivity index (χ2v) is 5.29. The van der Waals surface area contributed by atoms with Crippen LogP contribution >= 0.6 is 12.6 Å². The van der Waals surface area contributed by atoms with Gasteiger partial charge in [0.25, 0.3) is 0 Å². The van der Waals surface area contributed by atoms with Gasteiger partial charge in [0.1, 0.15) is 6.61 Å². The number of rotatable bonds is 6. The fourth-order valence-corrected chi connectivity index (χ4v) is 2.58. The Kier molecular flexibility index (Phi) is 6.32. The van der Waals surface area contributed by atoms with E-state index in [0.717, 1.165) is 32.1 Å². The van der Waals surface area contributed by atoms with Crippen LogP contribution in [0, 0.1) is 5.41 Å². The maximum atomic E-state index is 11.4. The lowest BCUT2D eigenvalue weighted by atomic mass is 9.72. The highest BCUT2D eigenvalue weighted by molar-refractivity contribution is 7.80. The van der Waals surface area contributed by atoms with Crippen molar-refractivity contribution in [2.45, 2.75) is 38.5 Å². The summed E-state index contributed by atoms with van der Waals surface area (Å²) in [6, 6.07) is 0. The first kappa shape index (κ1) is 15.1. The molecule has 1 amide bonds. The van der Waals surface area contributed by atoms with Crippen molar-refractivity contribution in [2.75, 3.05) is 18.9 Å². The van der Waals surface area contributed by atoms with Crippen LogP contribution in [0.1, 0.15) is 38.5 Å². The Labute approximate surface area is 113 Å². The van der Waals surface area contributed by atoms with Gasteiger partial charge < -0.3 is 15.2 Å². The quantitative estimate of drug-likeness (QED) is 0.649. The van der Waals surface area contributed by atoms with Gasteiger partial charge in [-0.3, -0.25) is 4.79 Å². The maximum absolute atomic E-state index is 11.4. The van der Waals surface area contributed by atoms with Gasteiger partial charge >= 0.3 is 12.1 Å². The van der Waals surface area contributed by atoms with Crippen LogP contribution in [0.4, 0.5) is 4.79 Å². The second-order valence-electron chi connectivity index (χ2n) is 4.84. The van der Waals surface area contributed by atoms with Crippen molar-refractivity contribution in [3.8, 4) is 0 Å². The van der Waals surface area contributed by atoms with E-state index < -0.39 is 12.1 Å². The number of carbonyl (C=O) groups is 2. The second kappa shape index (κ2) is 7.51. The van der Waals surface area contributed by atoms with E-state index in [1.54, 1.807) is 0 Å². The summed E-state index contributed by atoms with van der Waals surface area (Å²) >= 11 is 3.94. The minimum Gasteiger partial charge on any atom is -0.481 e. The lowest BCUT2D eigenvalue weighted by Gasteiger charge is -2.36. The lowest BCUT2D eigenvalue weighted by Crippen LogP contribution is -2.40. The average molecular weight is 275 g/mol. The van der Waals surface area contributed by atoms with Crippen LogP contribution in [-0.2, 0) is 9.53 Å². The largest absolute Gasteiger partial charge is 0.481 e. The molecule has 1 fully saturated rings. The molecule has 0 aromatic heterocycles. The highest BCUT2D eigenvalue weighted by atomic mass is 32.1. The molecule has 0 aromatic rings. The predicted octanol–water partition coefficient (Wildman–Crippen LogP) is 2.07. The van der Waals surface area contributed by atoms with E-state index in [1.807, 2.05) is 0 Å². The predicted molar refractivity (Wildman–Crippen MR) is 71.0 cm³/mol. The Morgan fingerprint density at radius 1 is 1.28 bits per heavy atom. The van der Waals surface area contributed by atoms with Gasteiger partial charge in [-0.25, -0.2) is 4.79 Å². The fourth-order valence-electron chi connectivity index (χ4n) is 2.49. The van der Waals surface area contributed by atoms with Crippen LogP contribution in [0.3, 0.4) is 0 Å². The summed E-state index contributed by atoms with van der Waals surface area (Å²) in [5.41, 5.74) is -0.302. The van der Waals surface area contributed by atoms with Gasteiger partial charge in [0.15, 0.2) is 0 Å². The van der Waals surface area contributed by atoms with Crippen LogP contribution in [0.15, 0.2) is 0 Å². The molecule has 18 heavy (non-hydrogen) atoms. The number of carboxylic acid groups (broad SMARTS) is 1. The van der Waals surface area contributed by atoms with Gasteiger partial charge in [-0.1, -0.05) is 19.3 Å². The molecule has 0 bridgehead atoms. The summed E-state index contributed by atoms with van der Waals surface area (Å²) in [5, 5.41) is 11.7. The molecule has 0 heterocycles. The van der Waals surface area contributed by atoms with Crippen molar-refractivity contribution in [1.29, 1.82) is 0 Å². The Hall–Kier alpha value is -0.910. The van der Waals surface area contributed by atoms with Crippen molar-refractivity contribution in [3.05, 3.63) is 0 Å². The van der Waals surface area contributed by atoms with E-state index in [-0.39, 0.29) is 18.4 Å². The molecule has 0 radical (unpaired) electrons. The fraction of sp³-hybridized carbons (Fsp3) is 0.833. The zero-order valence-corrected chi connectivity index (χ0v) is 11.4. The van der Waals surface area contributed by atoms with E-state index in [4.69, 9.17) is 9.84 Å². The minimum absolute atomic E-state index is 0.111. The average Bonchev–Trinajstić information content (AvgIpc) is 2.34. The SMILES string of the molecule is O=C(O)CC1(CNC(=O)OCCS)CCCCC1. The smallest absolute Gasteiger partial charge is 0.407 e. The Morgan fingerprint density at radius 2 is 1.94 bits per heavy atom. The number of hydrogen-bond donors (Lipinski definition) is 3. The highest BCUT2D eigenvalue weighted by Crippen LogP contribution is 2.38. The molecule has 1 saturated carbocycles. The number of ether oxygens (including phenoxy) is 1. The zero-order chi connectivity index (χ0) is 13.4. The van der Waals surface area contributed by atoms with E-state index >= 15 is 0 Å². The number of aliphatic carboxylic acids is 1. The molecular weight excluding hydrogens is 254 g/mol. The number of carbonyl (C=O) groups excluding carboxylic acids is 1. The summed E-state index contributed by atoms with van der Waals surface area (Å²) < 4.78 is 4.86. The number of nitrogens with one attached hydrogen (secondary N) is 1. The molecule has 0 saturated heterocycles.